The smallest absolute Gasteiger partial charge is 0.224 e. The molecular formula is C13H22N6O. The van der Waals surface area contributed by atoms with Crippen LogP contribution in [0.5, 0.6) is 0 Å². The van der Waals surface area contributed by atoms with Crippen LogP contribution in [0.25, 0.3) is 0 Å². The zero-order valence-electron chi connectivity index (χ0n) is 11.6. The lowest BCUT2D eigenvalue weighted by molar-refractivity contribution is 0.120. The molecule has 110 valence electrons. The molecule has 1 aromatic rings. The van der Waals surface area contributed by atoms with Gasteiger partial charge in [0.15, 0.2) is 0 Å². The number of aromatic nitrogens is 2. The number of nitrogens with two attached hydrogens (primary N) is 1. The molecule has 0 amide bonds. The number of hydrogen-bond donors (Lipinski definition) is 3. The van der Waals surface area contributed by atoms with Crippen molar-refractivity contribution >= 4 is 11.8 Å². The standard InChI is InChI=1S/C13H22N6O/c14-18-10-4-6-19(9-10)12-3-5-15-13(17-12)16-8-11-2-1-7-20-11/h3,5,10-11,18H,1-2,4,6-9,14H2,(H,15,16,17)/t10-,11?/m1/s1. The van der Waals surface area contributed by atoms with E-state index in [-0.39, 0.29) is 0 Å². The summed E-state index contributed by atoms with van der Waals surface area (Å²) >= 11 is 0. The number of ether oxygens (including phenoxy) is 1. The summed E-state index contributed by atoms with van der Waals surface area (Å²) in [6.07, 6.45) is 5.39. The minimum absolute atomic E-state index is 0.292. The number of anilines is 2. The first-order chi connectivity index (χ1) is 9.85. The normalized spacial score (nSPS) is 26.1. The third-order valence-corrected chi connectivity index (χ3v) is 3.90. The summed E-state index contributed by atoms with van der Waals surface area (Å²) in [6, 6.07) is 2.28. The van der Waals surface area contributed by atoms with Gasteiger partial charge in [-0.2, -0.15) is 4.98 Å². The number of nitrogens with one attached hydrogen (secondary N) is 2. The predicted molar refractivity (Wildman–Crippen MR) is 77.4 cm³/mol. The van der Waals surface area contributed by atoms with Crippen LogP contribution in [0, 0.1) is 0 Å². The second-order valence-corrected chi connectivity index (χ2v) is 5.35. The molecule has 1 aromatic heterocycles. The van der Waals surface area contributed by atoms with Crippen molar-refractivity contribution in [2.75, 3.05) is 36.5 Å². The third-order valence-electron chi connectivity index (χ3n) is 3.90. The van der Waals surface area contributed by atoms with E-state index in [4.69, 9.17) is 10.6 Å². The Morgan fingerprint density at radius 3 is 3.15 bits per heavy atom. The van der Waals surface area contributed by atoms with Crippen LogP contribution in [0.3, 0.4) is 0 Å². The monoisotopic (exact) mass is 278 g/mol. The number of hydrazine groups is 1. The second kappa shape index (κ2) is 6.34. The Bertz CT molecular complexity index is 437. The lowest BCUT2D eigenvalue weighted by Crippen LogP contribution is -2.37. The van der Waals surface area contributed by atoms with Gasteiger partial charge in [0.05, 0.1) is 6.10 Å². The van der Waals surface area contributed by atoms with E-state index >= 15 is 0 Å². The summed E-state index contributed by atoms with van der Waals surface area (Å²) in [5.74, 6) is 7.11. The maximum Gasteiger partial charge on any atom is 0.224 e. The quantitative estimate of drug-likeness (QED) is 0.520. The highest BCUT2D eigenvalue weighted by Crippen LogP contribution is 2.19. The molecule has 2 fully saturated rings. The van der Waals surface area contributed by atoms with E-state index in [9.17, 15) is 0 Å². The molecule has 0 bridgehead atoms. The number of hydrogen-bond acceptors (Lipinski definition) is 7. The van der Waals surface area contributed by atoms with Gasteiger partial charge in [0, 0.05) is 38.5 Å². The van der Waals surface area contributed by atoms with E-state index < -0.39 is 0 Å². The third kappa shape index (κ3) is 3.17. The summed E-state index contributed by atoms with van der Waals surface area (Å²) < 4.78 is 5.58. The van der Waals surface area contributed by atoms with Crippen molar-refractivity contribution in [3.05, 3.63) is 12.3 Å². The Labute approximate surface area is 118 Å². The van der Waals surface area contributed by atoms with Crippen molar-refractivity contribution in [3.8, 4) is 0 Å². The highest BCUT2D eigenvalue weighted by molar-refractivity contribution is 5.43. The Kier molecular flexibility index (Phi) is 4.29. The van der Waals surface area contributed by atoms with Crippen molar-refractivity contribution in [2.24, 2.45) is 5.84 Å². The molecule has 0 spiro atoms. The molecule has 7 heteroatoms. The van der Waals surface area contributed by atoms with E-state index in [2.05, 4.69) is 25.6 Å². The van der Waals surface area contributed by atoms with Crippen LogP contribution in [0.15, 0.2) is 12.3 Å². The lowest BCUT2D eigenvalue weighted by Gasteiger charge is -2.18. The zero-order valence-corrected chi connectivity index (χ0v) is 11.6. The van der Waals surface area contributed by atoms with E-state index in [1.807, 2.05) is 6.07 Å². The van der Waals surface area contributed by atoms with Crippen molar-refractivity contribution < 1.29 is 4.74 Å². The van der Waals surface area contributed by atoms with Crippen molar-refractivity contribution in [1.82, 2.24) is 15.4 Å². The molecule has 3 heterocycles. The molecule has 4 N–H and O–H groups in total. The Morgan fingerprint density at radius 1 is 1.45 bits per heavy atom. The topological polar surface area (TPSA) is 88.3 Å². The van der Waals surface area contributed by atoms with Crippen LogP contribution in [-0.2, 0) is 4.74 Å². The summed E-state index contributed by atoms with van der Waals surface area (Å²) in [4.78, 5) is 11.1. The minimum atomic E-state index is 0.292. The van der Waals surface area contributed by atoms with Crippen molar-refractivity contribution in [2.45, 2.75) is 31.4 Å². The van der Waals surface area contributed by atoms with E-state index in [1.54, 1.807) is 6.20 Å². The van der Waals surface area contributed by atoms with Crippen LogP contribution < -0.4 is 21.5 Å². The first-order valence-electron chi connectivity index (χ1n) is 7.25. The molecule has 3 rings (SSSR count). The van der Waals surface area contributed by atoms with E-state index in [0.29, 0.717) is 18.1 Å². The Balaban J connectivity index is 1.58. The summed E-state index contributed by atoms with van der Waals surface area (Å²) in [5.41, 5.74) is 2.82. The largest absolute Gasteiger partial charge is 0.376 e. The van der Waals surface area contributed by atoms with Crippen molar-refractivity contribution in [1.29, 1.82) is 0 Å². The van der Waals surface area contributed by atoms with Gasteiger partial charge in [-0.15, -0.1) is 0 Å². The molecule has 20 heavy (non-hydrogen) atoms. The maximum absolute atomic E-state index is 5.58. The predicted octanol–water partition coefficient (Wildman–Crippen LogP) is 0.109. The van der Waals surface area contributed by atoms with Gasteiger partial charge in [0.2, 0.25) is 5.95 Å². The number of nitrogens with zero attached hydrogens (tertiary/aromatic N) is 3. The lowest BCUT2D eigenvalue weighted by atomic mass is 10.2. The summed E-state index contributed by atoms with van der Waals surface area (Å²) in [7, 11) is 0. The van der Waals surface area contributed by atoms with E-state index in [0.717, 1.165) is 51.3 Å². The number of rotatable bonds is 5. The SMILES string of the molecule is NN[C@@H]1CCN(c2ccnc(NCC3CCCO3)n2)C1. The summed E-state index contributed by atoms with van der Waals surface area (Å²) in [6.45, 7) is 3.50. The van der Waals surface area contributed by atoms with Crippen molar-refractivity contribution in [3.63, 3.8) is 0 Å². The first-order valence-corrected chi connectivity index (χ1v) is 7.25. The Morgan fingerprint density at radius 2 is 2.40 bits per heavy atom. The fourth-order valence-electron chi connectivity index (χ4n) is 2.73. The molecule has 0 aromatic carbocycles. The molecule has 1 unspecified atom stereocenters. The fourth-order valence-corrected chi connectivity index (χ4v) is 2.73. The van der Waals surface area contributed by atoms with Gasteiger partial charge in [0.1, 0.15) is 5.82 Å². The van der Waals surface area contributed by atoms with Crippen LogP contribution in [-0.4, -0.2) is 48.4 Å². The molecule has 2 aliphatic rings. The van der Waals surface area contributed by atoms with Gasteiger partial charge in [-0.1, -0.05) is 0 Å². The average Bonchev–Trinajstić information content (AvgIpc) is 3.16. The molecule has 0 saturated carbocycles. The zero-order chi connectivity index (χ0) is 13.8. The van der Waals surface area contributed by atoms with Crippen LogP contribution in [0.2, 0.25) is 0 Å². The highest BCUT2D eigenvalue weighted by atomic mass is 16.5. The molecule has 2 atom stereocenters. The molecule has 2 saturated heterocycles. The molecule has 0 radical (unpaired) electrons. The minimum Gasteiger partial charge on any atom is -0.376 e. The van der Waals surface area contributed by atoms with E-state index in [1.165, 1.54) is 0 Å². The molecule has 2 aliphatic heterocycles. The van der Waals surface area contributed by atoms with Crippen LogP contribution in [0.1, 0.15) is 19.3 Å². The molecule has 0 aliphatic carbocycles. The molecular weight excluding hydrogens is 256 g/mol. The first kappa shape index (κ1) is 13.5. The second-order valence-electron chi connectivity index (χ2n) is 5.35. The highest BCUT2D eigenvalue weighted by Gasteiger charge is 2.22. The van der Waals surface area contributed by atoms with Crippen LogP contribution in [0.4, 0.5) is 11.8 Å². The van der Waals surface area contributed by atoms with Gasteiger partial charge in [-0.3, -0.25) is 11.3 Å². The fraction of sp³-hybridized carbons (Fsp3) is 0.692. The maximum atomic E-state index is 5.58. The van der Waals surface area contributed by atoms with Crippen LogP contribution >= 0.6 is 0 Å². The average molecular weight is 278 g/mol. The van der Waals surface area contributed by atoms with Gasteiger partial charge >= 0.3 is 0 Å². The van der Waals surface area contributed by atoms with Gasteiger partial charge in [-0.25, -0.2) is 4.98 Å². The molecule has 7 nitrogen and oxygen atoms in total. The Hall–Kier alpha value is -1.44. The van der Waals surface area contributed by atoms with Gasteiger partial charge < -0.3 is 15.0 Å². The summed E-state index contributed by atoms with van der Waals surface area (Å²) in [5, 5.41) is 3.26. The van der Waals surface area contributed by atoms with Gasteiger partial charge in [-0.05, 0) is 25.3 Å². The van der Waals surface area contributed by atoms with Gasteiger partial charge in [0.25, 0.3) is 0 Å².